The van der Waals surface area contributed by atoms with Gasteiger partial charge in [-0.05, 0) is 51.0 Å². The van der Waals surface area contributed by atoms with Gasteiger partial charge in [-0.3, -0.25) is 0 Å². The molecule has 2 aromatic carbocycles. The quantitative estimate of drug-likeness (QED) is 0.497. The van der Waals surface area contributed by atoms with E-state index in [0.717, 1.165) is 36.1 Å². The molecule has 4 heteroatoms. The highest BCUT2D eigenvalue weighted by Crippen LogP contribution is 2.37. The van der Waals surface area contributed by atoms with Crippen LogP contribution in [0.15, 0.2) is 46.4 Å². The molecule has 2 N–H and O–H groups in total. The van der Waals surface area contributed by atoms with Gasteiger partial charge in [0.25, 0.3) is 0 Å². The number of piperazine rings is 1. The standard InChI is InChI=1S/C30H44N4/c1-19(2)22-12-11-13-23(20(3)4)26(22)34-28-27(31-16-17-32-28)33-25-18-21(29(5,6)7)14-15-24(25)30(8,9)10/h11-15,18-20H,16-17H2,1-10H3,(H,31,33)(H,32,34). The number of benzene rings is 2. The molecular formula is C30H44N4. The van der Waals surface area contributed by atoms with E-state index in [-0.39, 0.29) is 10.8 Å². The van der Waals surface area contributed by atoms with E-state index in [0.29, 0.717) is 11.8 Å². The maximum absolute atomic E-state index is 5.21. The van der Waals surface area contributed by atoms with Crippen LogP contribution in [0.2, 0.25) is 0 Å². The summed E-state index contributed by atoms with van der Waals surface area (Å²) in [6.07, 6.45) is 0. The molecule has 184 valence electrons. The van der Waals surface area contributed by atoms with Crippen molar-refractivity contribution in [1.82, 2.24) is 10.6 Å². The lowest BCUT2D eigenvalue weighted by Gasteiger charge is -2.27. The first kappa shape index (κ1) is 26.0. The maximum atomic E-state index is 5.21. The van der Waals surface area contributed by atoms with Crippen LogP contribution in [0.3, 0.4) is 0 Å². The average Bonchev–Trinajstić information content (AvgIpc) is 2.73. The van der Waals surface area contributed by atoms with Gasteiger partial charge in [-0.2, -0.15) is 0 Å². The summed E-state index contributed by atoms with van der Waals surface area (Å²) in [4.78, 5) is 10.4. The van der Waals surface area contributed by atoms with E-state index in [4.69, 9.17) is 9.98 Å². The van der Waals surface area contributed by atoms with E-state index < -0.39 is 0 Å². The second kappa shape index (κ2) is 9.93. The van der Waals surface area contributed by atoms with Crippen molar-refractivity contribution in [3.8, 4) is 0 Å². The van der Waals surface area contributed by atoms with Crippen LogP contribution >= 0.6 is 0 Å². The normalized spacial score (nSPS) is 17.4. The lowest BCUT2D eigenvalue weighted by molar-refractivity contribution is 0.578. The number of amidine groups is 2. The van der Waals surface area contributed by atoms with E-state index >= 15 is 0 Å². The Morgan fingerprint density at radius 3 is 1.71 bits per heavy atom. The fraction of sp³-hybridized carbons (Fsp3) is 0.533. The molecule has 0 saturated carbocycles. The molecule has 1 aliphatic heterocycles. The third-order valence-electron chi connectivity index (χ3n) is 6.40. The lowest BCUT2D eigenvalue weighted by Crippen LogP contribution is -2.49. The van der Waals surface area contributed by atoms with Crippen molar-refractivity contribution < 1.29 is 0 Å². The topological polar surface area (TPSA) is 48.8 Å². The first-order chi connectivity index (χ1) is 15.8. The summed E-state index contributed by atoms with van der Waals surface area (Å²) in [5, 5.41) is 7.06. The van der Waals surface area contributed by atoms with Gasteiger partial charge in [0.2, 0.25) is 0 Å². The van der Waals surface area contributed by atoms with Crippen molar-refractivity contribution in [3.63, 3.8) is 0 Å². The van der Waals surface area contributed by atoms with Crippen molar-refractivity contribution in [2.75, 3.05) is 13.1 Å². The molecule has 3 rings (SSSR count). The third-order valence-corrected chi connectivity index (χ3v) is 6.40. The first-order valence-electron chi connectivity index (χ1n) is 12.7. The minimum absolute atomic E-state index is 0.00966. The molecule has 1 heterocycles. The molecule has 34 heavy (non-hydrogen) atoms. The first-order valence-corrected chi connectivity index (χ1v) is 12.7. The van der Waals surface area contributed by atoms with Crippen LogP contribution in [0.4, 0.5) is 11.4 Å². The fourth-order valence-corrected chi connectivity index (χ4v) is 4.31. The summed E-state index contributed by atoms with van der Waals surface area (Å²) in [6, 6.07) is 13.3. The Kier molecular flexibility index (Phi) is 7.59. The van der Waals surface area contributed by atoms with Crippen molar-refractivity contribution >= 4 is 23.0 Å². The molecule has 1 saturated heterocycles. The number of nitrogens with zero attached hydrogens (tertiary/aromatic N) is 2. The van der Waals surface area contributed by atoms with Gasteiger partial charge >= 0.3 is 0 Å². The van der Waals surface area contributed by atoms with Crippen molar-refractivity contribution in [2.24, 2.45) is 9.98 Å². The Labute approximate surface area is 207 Å². The van der Waals surface area contributed by atoms with Gasteiger partial charge in [-0.25, -0.2) is 9.98 Å². The summed E-state index contributed by atoms with van der Waals surface area (Å²) in [6.45, 7) is 24.1. The molecule has 2 aromatic rings. The second-order valence-corrected chi connectivity index (χ2v) is 12.1. The number of aliphatic imine (C=N–C) groups is 2. The Hall–Kier alpha value is -2.62. The summed E-state index contributed by atoms with van der Waals surface area (Å²) < 4.78 is 0. The van der Waals surface area contributed by atoms with E-state index in [1.807, 2.05) is 0 Å². The summed E-state index contributed by atoms with van der Waals surface area (Å²) in [7, 11) is 0. The zero-order chi connectivity index (χ0) is 25.3. The summed E-state index contributed by atoms with van der Waals surface area (Å²) >= 11 is 0. The lowest BCUT2D eigenvalue weighted by atomic mass is 9.81. The average molecular weight is 461 g/mol. The molecule has 0 atom stereocenters. The number of hydrogen-bond acceptors (Lipinski definition) is 2. The minimum Gasteiger partial charge on any atom is -0.365 e. The molecule has 4 nitrogen and oxygen atoms in total. The molecule has 0 amide bonds. The second-order valence-electron chi connectivity index (χ2n) is 12.1. The highest BCUT2D eigenvalue weighted by Gasteiger charge is 2.24. The molecule has 0 spiro atoms. The number of hydrogen-bond donors (Lipinski definition) is 2. The highest BCUT2D eigenvalue weighted by atomic mass is 15.2. The van der Waals surface area contributed by atoms with Crippen molar-refractivity contribution in [1.29, 1.82) is 0 Å². The van der Waals surface area contributed by atoms with E-state index in [9.17, 15) is 0 Å². The highest BCUT2D eigenvalue weighted by molar-refractivity contribution is 6.41. The van der Waals surface area contributed by atoms with Crippen LogP contribution in [-0.2, 0) is 10.8 Å². The fourth-order valence-electron chi connectivity index (χ4n) is 4.31. The van der Waals surface area contributed by atoms with Crippen LogP contribution in [0.25, 0.3) is 0 Å². The number of rotatable bonds is 4. The van der Waals surface area contributed by atoms with Gasteiger partial charge in [0.05, 0.1) is 11.4 Å². The number of nitrogens with one attached hydrogen (secondary N) is 2. The SMILES string of the molecule is CC(C)c1cccc(C(C)C)c1N=C1NCCNC1=Nc1cc(C(C)(C)C)ccc1C(C)(C)C. The van der Waals surface area contributed by atoms with Gasteiger partial charge in [-0.1, -0.05) is 99.6 Å². The molecule has 0 aliphatic carbocycles. The van der Waals surface area contributed by atoms with E-state index in [1.165, 1.54) is 22.3 Å². The monoisotopic (exact) mass is 460 g/mol. The van der Waals surface area contributed by atoms with Gasteiger partial charge < -0.3 is 10.6 Å². The smallest absolute Gasteiger partial charge is 0.169 e. The van der Waals surface area contributed by atoms with Crippen molar-refractivity contribution in [2.45, 2.75) is 91.9 Å². The molecule has 1 fully saturated rings. The third kappa shape index (κ3) is 5.89. The van der Waals surface area contributed by atoms with Gasteiger partial charge in [0.1, 0.15) is 0 Å². The molecule has 0 aromatic heterocycles. The molecule has 1 aliphatic rings. The Balaban J connectivity index is 2.20. The zero-order valence-corrected chi connectivity index (χ0v) is 22.9. The van der Waals surface area contributed by atoms with Crippen LogP contribution in [-0.4, -0.2) is 24.8 Å². The maximum Gasteiger partial charge on any atom is 0.169 e. The molecule has 0 radical (unpaired) electrons. The predicted molar refractivity (Wildman–Crippen MR) is 149 cm³/mol. The molecule has 0 bridgehead atoms. The predicted octanol–water partition coefficient (Wildman–Crippen LogP) is 7.48. The van der Waals surface area contributed by atoms with Gasteiger partial charge in [0.15, 0.2) is 11.7 Å². The Morgan fingerprint density at radius 2 is 1.24 bits per heavy atom. The number of para-hydroxylation sites is 1. The summed E-state index contributed by atoms with van der Waals surface area (Å²) in [5.41, 5.74) is 7.21. The van der Waals surface area contributed by atoms with Crippen LogP contribution in [0, 0.1) is 0 Å². The van der Waals surface area contributed by atoms with Gasteiger partial charge in [0, 0.05) is 13.1 Å². The molecule has 0 unspecified atom stereocenters. The largest absolute Gasteiger partial charge is 0.365 e. The van der Waals surface area contributed by atoms with Crippen LogP contribution < -0.4 is 10.6 Å². The van der Waals surface area contributed by atoms with Crippen molar-refractivity contribution in [3.05, 3.63) is 58.7 Å². The summed E-state index contributed by atoms with van der Waals surface area (Å²) in [5.74, 6) is 2.43. The van der Waals surface area contributed by atoms with Gasteiger partial charge in [-0.15, -0.1) is 0 Å². The Bertz CT molecular complexity index is 1050. The minimum atomic E-state index is -0.00966. The molecular weight excluding hydrogens is 416 g/mol. The van der Waals surface area contributed by atoms with Crippen LogP contribution in [0.1, 0.15) is 103 Å². The van der Waals surface area contributed by atoms with E-state index in [2.05, 4.69) is 116 Å². The Morgan fingerprint density at radius 1 is 0.706 bits per heavy atom. The van der Waals surface area contributed by atoms with Crippen LogP contribution in [0.5, 0.6) is 0 Å². The zero-order valence-electron chi connectivity index (χ0n) is 22.9. The van der Waals surface area contributed by atoms with E-state index in [1.54, 1.807) is 0 Å².